The van der Waals surface area contributed by atoms with Gasteiger partial charge in [-0.2, -0.15) is 4.31 Å². The number of halogens is 1. The first-order valence-electron chi connectivity index (χ1n) is 9.01. The zero-order valence-corrected chi connectivity index (χ0v) is 19.3. The van der Waals surface area contributed by atoms with Gasteiger partial charge in [-0.3, -0.25) is 4.79 Å². The standard InChI is InChI=1S/C20H25BrN2O5S/c1-5-10-23(13-20(24)22-16-9-7-6-8-14(16)2)29(25,26)19-12-18(28-4)17(27-3)11-15(19)21/h6-9,11-12H,5,10,13H2,1-4H3,(H,22,24). The van der Waals surface area contributed by atoms with Crippen LogP contribution in [-0.2, 0) is 14.8 Å². The minimum absolute atomic E-state index is 0.00675. The van der Waals surface area contributed by atoms with Crippen molar-refractivity contribution in [2.45, 2.75) is 25.2 Å². The summed E-state index contributed by atoms with van der Waals surface area (Å²) in [6.07, 6.45) is 0.557. The van der Waals surface area contributed by atoms with E-state index in [0.29, 0.717) is 22.3 Å². The molecule has 29 heavy (non-hydrogen) atoms. The molecule has 1 N–H and O–H groups in total. The highest BCUT2D eigenvalue weighted by Gasteiger charge is 2.29. The molecule has 0 saturated carbocycles. The van der Waals surface area contributed by atoms with Gasteiger partial charge in [0, 0.05) is 22.8 Å². The normalized spacial score (nSPS) is 11.4. The molecule has 158 valence electrons. The summed E-state index contributed by atoms with van der Waals surface area (Å²) in [5, 5.41) is 2.78. The van der Waals surface area contributed by atoms with Crippen molar-refractivity contribution in [1.29, 1.82) is 0 Å². The number of benzene rings is 2. The van der Waals surface area contributed by atoms with Gasteiger partial charge in [0.05, 0.1) is 20.8 Å². The molecule has 0 unspecified atom stereocenters. The lowest BCUT2D eigenvalue weighted by Crippen LogP contribution is -2.38. The number of rotatable bonds is 9. The van der Waals surface area contributed by atoms with Crippen LogP contribution in [0.5, 0.6) is 11.5 Å². The Hall–Kier alpha value is -2.10. The second-order valence-electron chi connectivity index (χ2n) is 6.34. The van der Waals surface area contributed by atoms with Crippen LogP contribution < -0.4 is 14.8 Å². The van der Waals surface area contributed by atoms with Crippen LogP contribution in [0.3, 0.4) is 0 Å². The van der Waals surface area contributed by atoms with Crippen LogP contribution in [0, 0.1) is 6.92 Å². The fourth-order valence-corrected chi connectivity index (χ4v) is 5.25. The highest BCUT2D eigenvalue weighted by atomic mass is 79.9. The molecular formula is C20H25BrN2O5S. The Morgan fingerprint density at radius 1 is 1.14 bits per heavy atom. The molecule has 0 bridgehead atoms. The quantitative estimate of drug-likeness (QED) is 0.584. The summed E-state index contributed by atoms with van der Waals surface area (Å²) >= 11 is 3.29. The van der Waals surface area contributed by atoms with E-state index in [-0.39, 0.29) is 23.7 Å². The van der Waals surface area contributed by atoms with Crippen LogP contribution >= 0.6 is 15.9 Å². The van der Waals surface area contributed by atoms with Gasteiger partial charge in [0.25, 0.3) is 0 Å². The molecule has 7 nitrogen and oxygen atoms in total. The molecule has 0 saturated heterocycles. The SMILES string of the molecule is CCCN(CC(=O)Nc1ccccc1C)S(=O)(=O)c1cc(OC)c(OC)cc1Br. The summed E-state index contributed by atoms with van der Waals surface area (Å²) in [5.41, 5.74) is 1.55. The Kier molecular flexibility index (Phi) is 8.06. The van der Waals surface area contributed by atoms with E-state index in [1.165, 1.54) is 26.4 Å². The van der Waals surface area contributed by atoms with Crippen molar-refractivity contribution in [3.63, 3.8) is 0 Å². The fraction of sp³-hybridized carbons (Fsp3) is 0.350. The minimum atomic E-state index is -3.96. The molecule has 0 aliphatic carbocycles. The Bertz CT molecular complexity index is 979. The second-order valence-corrected chi connectivity index (χ2v) is 9.10. The van der Waals surface area contributed by atoms with Crippen molar-refractivity contribution in [3.05, 3.63) is 46.4 Å². The van der Waals surface area contributed by atoms with Crippen molar-refractivity contribution >= 4 is 37.5 Å². The van der Waals surface area contributed by atoms with Gasteiger partial charge in [-0.1, -0.05) is 25.1 Å². The van der Waals surface area contributed by atoms with Gasteiger partial charge in [0.15, 0.2) is 11.5 Å². The maximum atomic E-state index is 13.3. The first-order chi connectivity index (χ1) is 13.7. The number of carbonyl (C=O) groups is 1. The van der Waals surface area contributed by atoms with Crippen molar-refractivity contribution in [2.24, 2.45) is 0 Å². The molecule has 0 radical (unpaired) electrons. The van der Waals surface area contributed by atoms with E-state index in [1.807, 2.05) is 32.0 Å². The van der Waals surface area contributed by atoms with Crippen molar-refractivity contribution < 1.29 is 22.7 Å². The van der Waals surface area contributed by atoms with Crippen LogP contribution in [0.25, 0.3) is 0 Å². The highest BCUT2D eigenvalue weighted by Crippen LogP contribution is 2.36. The number of nitrogens with zero attached hydrogens (tertiary/aromatic N) is 1. The van der Waals surface area contributed by atoms with Crippen LogP contribution in [0.2, 0.25) is 0 Å². The lowest BCUT2D eigenvalue weighted by Gasteiger charge is -2.23. The van der Waals surface area contributed by atoms with Gasteiger partial charge in [0.1, 0.15) is 4.90 Å². The number of aryl methyl sites for hydroxylation is 1. The van der Waals surface area contributed by atoms with Gasteiger partial charge in [0.2, 0.25) is 15.9 Å². The molecule has 0 aliphatic rings. The number of anilines is 1. The molecule has 0 atom stereocenters. The Morgan fingerprint density at radius 3 is 2.34 bits per heavy atom. The van der Waals surface area contributed by atoms with Gasteiger partial charge in [-0.05, 0) is 47.0 Å². The van der Waals surface area contributed by atoms with Crippen molar-refractivity contribution in [2.75, 3.05) is 32.6 Å². The summed E-state index contributed by atoms with van der Waals surface area (Å²) in [6.45, 7) is 3.62. The average molecular weight is 485 g/mol. The summed E-state index contributed by atoms with van der Waals surface area (Å²) in [7, 11) is -1.06. The Balaban J connectivity index is 2.33. The molecule has 2 aromatic rings. The molecule has 0 aliphatic heterocycles. The number of nitrogens with one attached hydrogen (secondary N) is 1. The predicted octanol–water partition coefficient (Wildman–Crippen LogP) is 3.81. The third kappa shape index (κ3) is 5.49. The number of sulfonamides is 1. The van der Waals surface area contributed by atoms with Crippen LogP contribution in [0.4, 0.5) is 5.69 Å². The molecule has 0 fully saturated rings. The topological polar surface area (TPSA) is 84.9 Å². The molecule has 2 aromatic carbocycles. The minimum Gasteiger partial charge on any atom is -0.493 e. The molecule has 9 heteroatoms. The van der Waals surface area contributed by atoms with E-state index in [9.17, 15) is 13.2 Å². The third-order valence-corrected chi connectivity index (χ3v) is 7.07. The van der Waals surface area contributed by atoms with Gasteiger partial charge in [-0.25, -0.2) is 8.42 Å². The number of carbonyl (C=O) groups excluding carboxylic acids is 1. The molecule has 0 aromatic heterocycles. The summed E-state index contributed by atoms with van der Waals surface area (Å²) < 4.78 is 38.5. The number of hydrogen-bond donors (Lipinski definition) is 1. The van der Waals surface area contributed by atoms with E-state index in [0.717, 1.165) is 9.87 Å². The maximum absolute atomic E-state index is 13.3. The number of para-hydroxylation sites is 1. The molecular weight excluding hydrogens is 460 g/mol. The smallest absolute Gasteiger partial charge is 0.244 e. The van der Waals surface area contributed by atoms with Crippen molar-refractivity contribution in [3.8, 4) is 11.5 Å². The maximum Gasteiger partial charge on any atom is 0.244 e. The van der Waals surface area contributed by atoms with Gasteiger partial charge in [-0.15, -0.1) is 0 Å². The number of hydrogen-bond acceptors (Lipinski definition) is 5. The molecule has 0 spiro atoms. The van der Waals surface area contributed by atoms with E-state index >= 15 is 0 Å². The zero-order valence-electron chi connectivity index (χ0n) is 16.9. The zero-order chi connectivity index (χ0) is 21.6. The van der Waals surface area contributed by atoms with E-state index in [4.69, 9.17) is 9.47 Å². The van der Waals surface area contributed by atoms with E-state index in [2.05, 4.69) is 21.2 Å². The third-order valence-electron chi connectivity index (χ3n) is 4.27. The molecule has 0 heterocycles. The Morgan fingerprint density at radius 2 is 1.76 bits per heavy atom. The lowest BCUT2D eigenvalue weighted by molar-refractivity contribution is -0.116. The fourth-order valence-electron chi connectivity index (χ4n) is 2.77. The number of methoxy groups -OCH3 is 2. The summed E-state index contributed by atoms with van der Waals surface area (Å²) in [4.78, 5) is 12.6. The lowest BCUT2D eigenvalue weighted by atomic mass is 10.2. The Labute approximate surface area is 180 Å². The average Bonchev–Trinajstić information content (AvgIpc) is 2.68. The number of ether oxygens (including phenoxy) is 2. The largest absolute Gasteiger partial charge is 0.493 e. The number of amides is 1. The second kappa shape index (κ2) is 10.1. The van der Waals surface area contributed by atoms with E-state index < -0.39 is 15.9 Å². The highest BCUT2D eigenvalue weighted by molar-refractivity contribution is 9.10. The van der Waals surface area contributed by atoms with Gasteiger partial charge >= 0.3 is 0 Å². The molecule has 1 amide bonds. The monoisotopic (exact) mass is 484 g/mol. The predicted molar refractivity (Wildman–Crippen MR) is 116 cm³/mol. The van der Waals surface area contributed by atoms with Crippen LogP contribution in [0.15, 0.2) is 45.8 Å². The van der Waals surface area contributed by atoms with Gasteiger partial charge < -0.3 is 14.8 Å². The van der Waals surface area contributed by atoms with Crippen molar-refractivity contribution in [1.82, 2.24) is 4.31 Å². The summed E-state index contributed by atoms with van der Waals surface area (Å²) in [5.74, 6) is 0.278. The first kappa shape index (κ1) is 23.2. The van der Waals surface area contributed by atoms with E-state index in [1.54, 1.807) is 6.07 Å². The first-order valence-corrected chi connectivity index (χ1v) is 11.2. The van der Waals surface area contributed by atoms with Crippen LogP contribution in [0.1, 0.15) is 18.9 Å². The summed E-state index contributed by atoms with van der Waals surface area (Å²) in [6, 6.07) is 10.2. The molecule has 2 rings (SSSR count). The van der Waals surface area contributed by atoms with Crippen LogP contribution in [-0.4, -0.2) is 45.9 Å².